The maximum atomic E-state index is 6.25. The number of aryl methyl sites for hydroxylation is 2. The average Bonchev–Trinajstić information content (AvgIpc) is 2.95. The first-order valence-corrected chi connectivity index (χ1v) is 7.01. The number of hydrogen-bond donors (Lipinski definition) is 0. The van der Waals surface area contributed by atoms with Crippen LogP contribution in [0.25, 0.3) is 11.2 Å². The quantitative estimate of drug-likeness (QED) is 0.685. The fraction of sp³-hybridized carbons (Fsp3) is 0.333. The number of alkyl halides is 1. The van der Waals surface area contributed by atoms with Crippen molar-refractivity contribution in [3.8, 4) is 0 Å². The third-order valence-corrected chi connectivity index (χ3v) is 3.42. The van der Waals surface area contributed by atoms with Gasteiger partial charge < -0.3 is 8.98 Å². The molecule has 0 spiro atoms. The van der Waals surface area contributed by atoms with E-state index in [4.69, 9.17) is 16.0 Å². The summed E-state index contributed by atoms with van der Waals surface area (Å²) >= 11 is 6.25. The van der Waals surface area contributed by atoms with E-state index in [1.807, 2.05) is 49.6 Å². The number of imidazole rings is 1. The number of nitrogens with zero attached hydrogens (tertiary/aromatic N) is 3. The van der Waals surface area contributed by atoms with Gasteiger partial charge in [-0.3, -0.25) is 0 Å². The van der Waals surface area contributed by atoms with Gasteiger partial charge in [-0.1, -0.05) is 0 Å². The third kappa shape index (κ3) is 2.31. The van der Waals surface area contributed by atoms with E-state index in [1.54, 1.807) is 0 Å². The highest BCUT2D eigenvalue weighted by Gasteiger charge is 2.17. The van der Waals surface area contributed by atoms with Crippen molar-refractivity contribution in [2.75, 3.05) is 0 Å². The Bertz CT molecular complexity index is 758. The highest BCUT2D eigenvalue weighted by molar-refractivity contribution is 6.20. The molecule has 0 amide bonds. The van der Waals surface area contributed by atoms with Gasteiger partial charge in [0.05, 0.1) is 11.9 Å². The fourth-order valence-corrected chi connectivity index (χ4v) is 2.47. The van der Waals surface area contributed by atoms with Crippen molar-refractivity contribution in [1.29, 1.82) is 0 Å². The second kappa shape index (κ2) is 4.94. The predicted octanol–water partition coefficient (Wildman–Crippen LogP) is 3.99. The van der Waals surface area contributed by atoms with Crippen LogP contribution in [0.1, 0.15) is 35.3 Å². The SMILES string of the molecule is Cc1ccc2nc(C(C)Cl)n(Cc3ccc(C)o3)c2n1. The molecule has 0 radical (unpaired) electrons. The van der Waals surface area contributed by atoms with Crippen molar-refractivity contribution in [2.24, 2.45) is 0 Å². The topological polar surface area (TPSA) is 43.9 Å². The summed E-state index contributed by atoms with van der Waals surface area (Å²) in [4.78, 5) is 9.16. The van der Waals surface area contributed by atoms with Crippen LogP contribution in [0, 0.1) is 13.8 Å². The molecule has 0 aliphatic rings. The van der Waals surface area contributed by atoms with E-state index in [2.05, 4.69) is 9.97 Å². The molecule has 3 heterocycles. The van der Waals surface area contributed by atoms with Gasteiger partial charge in [0.1, 0.15) is 22.9 Å². The van der Waals surface area contributed by atoms with E-state index < -0.39 is 0 Å². The Labute approximate surface area is 122 Å². The summed E-state index contributed by atoms with van der Waals surface area (Å²) in [7, 11) is 0. The number of pyridine rings is 1. The molecule has 1 unspecified atom stereocenters. The molecule has 20 heavy (non-hydrogen) atoms. The second-order valence-corrected chi connectivity index (χ2v) is 5.63. The number of fused-ring (bicyclic) bond motifs is 1. The van der Waals surface area contributed by atoms with Gasteiger partial charge in [0.25, 0.3) is 0 Å². The van der Waals surface area contributed by atoms with Crippen molar-refractivity contribution in [1.82, 2.24) is 14.5 Å². The molecule has 0 aliphatic heterocycles. The monoisotopic (exact) mass is 289 g/mol. The lowest BCUT2D eigenvalue weighted by molar-refractivity contribution is 0.468. The minimum Gasteiger partial charge on any atom is -0.464 e. The first-order valence-electron chi connectivity index (χ1n) is 6.58. The number of rotatable bonds is 3. The molecule has 3 aromatic rings. The number of hydrogen-bond acceptors (Lipinski definition) is 3. The van der Waals surface area contributed by atoms with Gasteiger partial charge in [-0.2, -0.15) is 0 Å². The van der Waals surface area contributed by atoms with E-state index in [-0.39, 0.29) is 5.38 Å². The summed E-state index contributed by atoms with van der Waals surface area (Å²) in [5.41, 5.74) is 2.67. The molecule has 0 fully saturated rings. The fourth-order valence-electron chi connectivity index (χ4n) is 2.30. The minimum absolute atomic E-state index is 0.180. The lowest BCUT2D eigenvalue weighted by Crippen LogP contribution is -2.06. The molecule has 0 aliphatic carbocycles. The van der Waals surface area contributed by atoms with Crippen LogP contribution in [0.4, 0.5) is 0 Å². The molecule has 5 heteroatoms. The van der Waals surface area contributed by atoms with Gasteiger partial charge in [0.2, 0.25) is 0 Å². The van der Waals surface area contributed by atoms with Crippen molar-refractivity contribution in [3.05, 3.63) is 47.3 Å². The van der Waals surface area contributed by atoms with E-state index in [0.29, 0.717) is 6.54 Å². The number of halogens is 1. The number of furan rings is 1. The molecule has 104 valence electrons. The van der Waals surface area contributed by atoms with Gasteiger partial charge in [-0.05, 0) is 45.0 Å². The normalized spacial score (nSPS) is 13.0. The highest BCUT2D eigenvalue weighted by Crippen LogP contribution is 2.25. The third-order valence-electron chi connectivity index (χ3n) is 3.23. The molecule has 3 aromatic heterocycles. The molecule has 4 nitrogen and oxygen atoms in total. The van der Waals surface area contributed by atoms with Crippen LogP contribution >= 0.6 is 11.6 Å². The maximum absolute atomic E-state index is 6.25. The van der Waals surface area contributed by atoms with E-state index >= 15 is 0 Å². The lowest BCUT2D eigenvalue weighted by Gasteiger charge is -2.08. The van der Waals surface area contributed by atoms with Gasteiger partial charge in [0.15, 0.2) is 5.65 Å². The van der Waals surface area contributed by atoms with Crippen LogP contribution in [0.3, 0.4) is 0 Å². The molecule has 0 saturated carbocycles. The van der Waals surface area contributed by atoms with Crippen molar-refractivity contribution >= 4 is 22.8 Å². The Kier molecular flexibility index (Phi) is 3.26. The van der Waals surface area contributed by atoms with Crippen LogP contribution in [0.2, 0.25) is 0 Å². The summed E-state index contributed by atoms with van der Waals surface area (Å²) in [6.45, 7) is 6.41. The van der Waals surface area contributed by atoms with Crippen LogP contribution < -0.4 is 0 Å². The van der Waals surface area contributed by atoms with E-state index in [0.717, 1.165) is 34.2 Å². The van der Waals surface area contributed by atoms with Crippen molar-refractivity contribution in [2.45, 2.75) is 32.7 Å². The van der Waals surface area contributed by atoms with Gasteiger partial charge >= 0.3 is 0 Å². The van der Waals surface area contributed by atoms with E-state index in [9.17, 15) is 0 Å². The zero-order chi connectivity index (χ0) is 14.3. The summed E-state index contributed by atoms with van der Waals surface area (Å²) < 4.78 is 7.68. The molecule has 3 rings (SSSR count). The average molecular weight is 290 g/mol. The Balaban J connectivity index is 2.15. The first kappa shape index (κ1) is 13.2. The van der Waals surface area contributed by atoms with E-state index in [1.165, 1.54) is 0 Å². The van der Waals surface area contributed by atoms with Crippen LogP contribution in [-0.4, -0.2) is 14.5 Å². The Hall–Kier alpha value is -1.81. The standard InChI is InChI=1S/C15H16ClN3O/c1-9-4-7-13-15(17-9)19(14(18-13)11(3)16)8-12-6-5-10(2)20-12/h4-7,11H,8H2,1-3H3. The smallest absolute Gasteiger partial charge is 0.160 e. The zero-order valence-electron chi connectivity index (χ0n) is 11.7. The second-order valence-electron chi connectivity index (χ2n) is 4.98. The van der Waals surface area contributed by atoms with Crippen molar-refractivity contribution < 1.29 is 4.42 Å². The molecule has 1 atom stereocenters. The zero-order valence-corrected chi connectivity index (χ0v) is 12.5. The van der Waals surface area contributed by atoms with Crippen molar-refractivity contribution in [3.63, 3.8) is 0 Å². The highest BCUT2D eigenvalue weighted by atomic mass is 35.5. The summed E-state index contributed by atoms with van der Waals surface area (Å²) in [5, 5.41) is -0.180. The Morgan fingerprint density at radius 2 is 2.00 bits per heavy atom. The largest absolute Gasteiger partial charge is 0.464 e. The van der Waals surface area contributed by atoms with Gasteiger partial charge in [-0.15, -0.1) is 11.6 Å². The Morgan fingerprint density at radius 3 is 2.65 bits per heavy atom. The summed E-state index contributed by atoms with van der Waals surface area (Å²) in [5.74, 6) is 2.59. The Morgan fingerprint density at radius 1 is 1.20 bits per heavy atom. The predicted molar refractivity (Wildman–Crippen MR) is 79.1 cm³/mol. The molecular weight excluding hydrogens is 274 g/mol. The molecule has 0 aromatic carbocycles. The number of aromatic nitrogens is 3. The molecule has 0 N–H and O–H groups in total. The molecule has 0 bridgehead atoms. The summed E-state index contributed by atoms with van der Waals surface area (Å²) in [6.07, 6.45) is 0. The molecule has 0 saturated heterocycles. The van der Waals surface area contributed by atoms with Gasteiger partial charge in [-0.25, -0.2) is 9.97 Å². The van der Waals surface area contributed by atoms with Crippen LogP contribution in [0.15, 0.2) is 28.7 Å². The van der Waals surface area contributed by atoms with Gasteiger partial charge in [0, 0.05) is 5.69 Å². The minimum atomic E-state index is -0.180. The lowest BCUT2D eigenvalue weighted by atomic mass is 10.3. The summed E-state index contributed by atoms with van der Waals surface area (Å²) in [6, 6.07) is 7.86. The van der Waals surface area contributed by atoms with Crippen LogP contribution in [0.5, 0.6) is 0 Å². The maximum Gasteiger partial charge on any atom is 0.160 e. The first-order chi connectivity index (χ1) is 9.54. The molecular formula is C15H16ClN3O. The van der Waals surface area contributed by atoms with Crippen LogP contribution in [-0.2, 0) is 6.54 Å².